The van der Waals surface area contributed by atoms with Crippen molar-refractivity contribution in [2.75, 3.05) is 6.54 Å². The van der Waals surface area contributed by atoms with Crippen LogP contribution in [0.5, 0.6) is 0 Å². The molecular formula is C5H15N3. The molecule has 0 unspecified atom stereocenters. The van der Waals surface area contributed by atoms with Gasteiger partial charge in [0.05, 0.1) is 0 Å². The molecule has 0 spiro atoms. The summed E-state index contributed by atoms with van der Waals surface area (Å²) in [6.07, 6.45) is 0. The first-order valence-electron chi connectivity index (χ1n) is 3.00. The Morgan fingerprint density at radius 3 is 2.38 bits per heavy atom. The van der Waals surface area contributed by atoms with Gasteiger partial charge in [-0.15, -0.1) is 0 Å². The molecule has 50 valence electrons. The number of hydrazine groups is 2. The summed E-state index contributed by atoms with van der Waals surface area (Å²) >= 11 is 0. The molecule has 0 bridgehead atoms. The van der Waals surface area contributed by atoms with Crippen molar-refractivity contribution in [3.63, 3.8) is 0 Å². The Morgan fingerprint density at radius 1 is 1.38 bits per heavy atom. The smallest absolute Gasteiger partial charge is 0.0169 e. The summed E-state index contributed by atoms with van der Waals surface area (Å²) in [6.45, 7) is 7.11. The Bertz CT molecular complexity index is 44.9. The van der Waals surface area contributed by atoms with Crippen LogP contribution in [0, 0.1) is 0 Å². The predicted octanol–water partition coefficient (Wildman–Crippen LogP) is 0.0135. The maximum atomic E-state index is 2.99. The lowest BCUT2D eigenvalue weighted by Crippen LogP contribution is -2.46. The first kappa shape index (κ1) is 7.88. The molecule has 0 rings (SSSR count). The molecular weight excluding hydrogens is 102 g/mol. The Hall–Kier alpha value is -0.120. The van der Waals surface area contributed by atoms with Crippen molar-refractivity contribution in [2.45, 2.75) is 26.8 Å². The van der Waals surface area contributed by atoms with Gasteiger partial charge in [-0.1, -0.05) is 6.92 Å². The van der Waals surface area contributed by atoms with Gasteiger partial charge in [0.2, 0.25) is 0 Å². The second kappa shape index (κ2) is 5.03. The van der Waals surface area contributed by atoms with E-state index in [1.54, 1.807) is 0 Å². The largest absolute Gasteiger partial charge is 0.244 e. The average molecular weight is 117 g/mol. The van der Waals surface area contributed by atoms with Gasteiger partial charge in [0, 0.05) is 12.6 Å². The normalized spacial score (nSPS) is 10.5. The maximum Gasteiger partial charge on any atom is 0.0169 e. The lowest BCUT2D eigenvalue weighted by Gasteiger charge is -2.08. The molecule has 0 saturated carbocycles. The summed E-state index contributed by atoms with van der Waals surface area (Å²) in [5, 5.41) is 0. The second-order valence-corrected chi connectivity index (χ2v) is 1.95. The lowest BCUT2D eigenvalue weighted by atomic mass is 10.4. The van der Waals surface area contributed by atoms with Gasteiger partial charge in [-0.05, 0) is 13.8 Å². The van der Waals surface area contributed by atoms with Crippen LogP contribution in [0.25, 0.3) is 0 Å². The van der Waals surface area contributed by atoms with E-state index >= 15 is 0 Å². The Morgan fingerprint density at radius 2 is 2.00 bits per heavy atom. The molecule has 0 radical (unpaired) electrons. The predicted molar refractivity (Wildman–Crippen MR) is 35.1 cm³/mol. The first-order chi connectivity index (χ1) is 3.77. The molecule has 0 amide bonds. The van der Waals surface area contributed by atoms with Gasteiger partial charge >= 0.3 is 0 Å². The fourth-order valence-corrected chi connectivity index (χ4v) is 0.284. The molecule has 0 aliphatic heterocycles. The highest BCUT2D eigenvalue weighted by atomic mass is 15.6. The number of nitrogens with one attached hydrogen (secondary N) is 3. The van der Waals surface area contributed by atoms with Gasteiger partial charge in [-0.3, -0.25) is 0 Å². The van der Waals surface area contributed by atoms with E-state index in [2.05, 4.69) is 30.2 Å². The van der Waals surface area contributed by atoms with E-state index in [1.807, 2.05) is 6.92 Å². The Balaban J connectivity index is 2.72. The zero-order valence-electron chi connectivity index (χ0n) is 5.78. The minimum atomic E-state index is 0.481. The van der Waals surface area contributed by atoms with E-state index in [4.69, 9.17) is 0 Å². The standard InChI is InChI=1S/C5H15N3/c1-4-6-8-7-5(2)3/h5-8H,4H2,1-3H3. The van der Waals surface area contributed by atoms with E-state index in [1.165, 1.54) is 0 Å². The van der Waals surface area contributed by atoms with Crippen molar-refractivity contribution in [1.29, 1.82) is 0 Å². The van der Waals surface area contributed by atoms with Crippen molar-refractivity contribution in [2.24, 2.45) is 0 Å². The summed E-state index contributed by atoms with van der Waals surface area (Å²) in [4.78, 5) is 0. The lowest BCUT2D eigenvalue weighted by molar-refractivity contribution is 0.405. The van der Waals surface area contributed by atoms with Crippen LogP contribution in [0.1, 0.15) is 20.8 Å². The molecule has 0 aromatic rings. The van der Waals surface area contributed by atoms with Gasteiger partial charge in [0.25, 0.3) is 0 Å². The van der Waals surface area contributed by atoms with Crippen LogP contribution >= 0.6 is 0 Å². The molecule has 0 aliphatic rings. The van der Waals surface area contributed by atoms with Crippen LogP contribution in [0.15, 0.2) is 0 Å². The third-order valence-corrected chi connectivity index (χ3v) is 0.626. The van der Waals surface area contributed by atoms with Gasteiger partial charge < -0.3 is 0 Å². The maximum absolute atomic E-state index is 2.99. The summed E-state index contributed by atoms with van der Waals surface area (Å²) in [7, 11) is 0. The molecule has 8 heavy (non-hydrogen) atoms. The molecule has 0 fully saturated rings. The molecule has 0 heterocycles. The topological polar surface area (TPSA) is 36.1 Å². The van der Waals surface area contributed by atoms with Crippen molar-refractivity contribution in [3.05, 3.63) is 0 Å². The molecule has 3 nitrogen and oxygen atoms in total. The van der Waals surface area contributed by atoms with E-state index in [9.17, 15) is 0 Å². The Kier molecular flexibility index (Phi) is 4.95. The SMILES string of the molecule is CCNNNC(C)C. The fourth-order valence-electron chi connectivity index (χ4n) is 0.284. The minimum absolute atomic E-state index is 0.481. The van der Waals surface area contributed by atoms with Crippen molar-refractivity contribution in [1.82, 2.24) is 16.4 Å². The van der Waals surface area contributed by atoms with Gasteiger partial charge in [0.15, 0.2) is 0 Å². The van der Waals surface area contributed by atoms with Crippen LogP contribution in [-0.2, 0) is 0 Å². The fraction of sp³-hybridized carbons (Fsp3) is 1.00. The number of hydrogen-bond donors (Lipinski definition) is 3. The molecule has 3 N–H and O–H groups in total. The zero-order valence-corrected chi connectivity index (χ0v) is 5.78. The van der Waals surface area contributed by atoms with Crippen molar-refractivity contribution in [3.8, 4) is 0 Å². The highest BCUT2D eigenvalue weighted by Gasteiger charge is 1.85. The monoisotopic (exact) mass is 117 g/mol. The zero-order chi connectivity index (χ0) is 6.41. The average Bonchev–Trinajstić information content (AvgIpc) is 1.66. The summed E-state index contributed by atoms with van der Waals surface area (Å²) in [5.41, 5.74) is 8.74. The van der Waals surface area contributed by atoms with Gasteiger partial charge in [0.1, 0.15) is 0 Å². The quantitative estimate of drug-likeness (QED) is 0.359. The molecule has 0 aromatic carbocycles. The van der Waals surface area contributed by atoms with Crippen LogP contribution in [-0.4, -0.2) is 12.6 Å². The van der Waals surface area contributed by atoms with Crippen molar-refractivity contribution >= 4 is 0 Å². The summed E-state index contributed by atoms with van der Waals surface area (Å²) in [6, 6.07) is 0.481. The Labute approximate surface area is 50.8 Å². The molecule has 3 heteroatoms. The molecule has 0 atom stereocenters. The third-order valence-electron chi connectivity index (χ3n) is 0.626. The number of hydrogen-bond acceptors (Lipinski definition) is 3. The van der Waals surface area contributed by atoms with E-state index in [0.29, 0.717) is 6.04 Å². The van der Waals surface area contributed by atoms with Crippen LogP contribution in [0.2, 0.25) is 0 Å². The molecule has 0 aromatic heterocycles. The highest BCUT2D eigenvalue weighted by Crippen LogP contribution is 1.67. The minimum Gasteiger partial charge on any atom is -0.244 e. The second-order valence-electron chi connectivity index (χ2n) is 1.95. The summed E-state index contributed by atoms with van der Waals surface area (Å²) in [5.74, 6) is 0. The van der Waals surface area contributed by atoms with Crippen LogP contribution in [0.3, 0.4) is 0 Å². The highest BCUT2D eigenvalue weighted by molar-refractivity contribution is 4.42. The van der Waals surface area contributed by atoms with Gasteiger partial charge in [-0.2, -0.15) is 5.53 Å². The summed E-state index contributed by atoms with van der Waals surface area (Å²) < 4.78 is 0. The first-order valence-corrected chi connectivity index (χ1v) is 3.00. The van der Waals surface area contributed by atoms with Crippen molar-refractivity contribution < 1.29 is 0 Å². The third kappa shape index (κ3) is 5.88. The van der Waals surface area contributed by atoms with Gasteiger partial charge in [-0.25, -0.2) is 10.9 Å². The van der Waals surface area contributed by atoms with Crippen LogP contribution in [0.4, 0.5) is 0 Å². The van der Waals surface area contributed by atoms with Crippen LogP contribution < -0.4 is 16.4 Å². The van der Waals surface area contributed by atoms with E-state index in [0.717, 1.165) is 6.54 Å². The number of rotatable bonds is 4. The molecule has 0 aliphatic carbocycles. The molecule has 0 saturated heterocycles. The van der Waals surface area contributed by atoms with E-state index in [-0.39, 0.29) is 0 Å². The van der Waals surface area contributed by atoms with E-state index < -0.39 is 0 Å².